The van der Waals surface area contributed by atoms with Crippen LogP contribution in [0.1, 0.15) is 16.1 Å². The van der Waals surface area contributed by atoms with Crippen molar-refractivity contribution in [3.05, 3.63) is 54.0 Å². The van der Waals surface area contributed by atoms with Crippen molar-refractivity contribution in [2.75, 3.05) is 23.4 Å². The molecule has 0 aliphatic carbocycles. The molecule has 27 heavy (non-hydrogen) atoms. The van der Waals surface area contributed by atoms with Gasteiger partial charge in [-0.15, -0.1) is 0 Å². The number of sulfone groups is 1. The molecule has 1 aromatic carbocycles. The Hall–Kier alpha value is -2.26. The fourth-order valence-corrected chi connectivity index (χ4v) is 6.78. The van der Waals surface area contributed by atoms with Gasteiger partial charge >= 0.3 is 0 Å². The third-order valence-electron chi connectivity index (χ3n) is 4.45. The lowest BCUT2D eigenvalue weighted by Crippen LogP contribution is -2.25. The molecule has 3 heterocycles. The molecule has 4 rings (SSSR count). The second kappa shape index (κ2) is 7.40. The van der Waals surface area contributed by atoms with Crippen LogP contribution in [-0.4, -0.2) is 48.8 Å². The van der Waals surface area contributed by atoms with Crippen LogP contribution >= 0.6 is 11.8 Å². The molecule has 2 aromatic rings. The Kier molecular flexibility index (Phi) is 4.96. The number of amides is 1. The molecule has 9 heteroatoms. The molecule has 1 aromatic heterocycles. The minimum Gasteiger partial charge on any atom is -0.469 e. The van der Waals surface area contributed by atoms with E-state index in [1.807, 2.05) is 24.3 Å². The summed E-state index contributed by atoms with van der Waals surface area (Å²) in [7, 11) is -2.95. The number of anilines is 1. The first-order valence-corrected chi connectivity index (χ1v) is 11.3. The predicted molar refractivity (Wildman–Crippen MR) is 106 cm³/mol. The smallest absolute Gasteiger partial charge is 0.251 e. The van der Waals surface area contributed by atoms with Crippen molar-refractivity contribution in [3.63, 3.8) is 0 Å². The summed E-state index contributed by atoms with van der Waals surface area (Å²) >= 11 is 1.47. The number of rotatable bonds is 5. The first kappa shape index (κ1) is 18.1. The molecule has 0 spiro atoms. The SMILES string of the molecule is O=C(NCCc1ccco1)c1ccc(NC2=N[C@@H]3CS(=O)(=O)C[C@H]3S2)cc1. The predicted octanol–water partition coefficient (Wildman–Crippen LogP) is 1.93. The molecule has 0 unspecified atom stereocenters. The summed E-state index contributed by atoms with van der Waals surface area (Å²) in [6.45, 7) is 0.505. The van der Waals surface area contributed by atoms with Gasteiger partial charge in [0.05, 0.1) is 23.8 Å². The Bertz CT molecular complexity index is 953. The fraction of sp³-hybridized carbons (Fsp3) is 0.333. The van der Waals surface area contributed by atoms with Gasteiger partial charge in [-0.1, -0.05) is 11.8 Å². The lowest BCUT2D eigenvalue weighted by molar-refractivity contribution is 0.0953. The van der Waals surface area contributed by atoms with Gasteiger partial charge in [0.1, 0.15) is 5.76 Å². The largest absolute Gasteiger partial charge is 0.469 e. The Labute approximate surface area is 161 Å². The lowest BCUT2D eigenvalue weighted by Gasteiger charge is -2.08. The number of hydrogen-bond acceptors (Lipinski definition) is 7. The quantitative estimate of drug-likeness (QED) is 0.788. The van der Waals surface area contributed by atoms with Gasteiger partial charge in [0, 0.05) is 29.5 Å². The van der Waals surface area contributed by atoms with Gasteiger partial charge < -0.3 is 15.1 Å². The number of hydrogen-bond donors (Lipinski definition) is 2. The molecule has 2 aliphatic rings. The van der Waals surface area contributed by atoms with Crippen molar-refractivity contribution in [3.8, 4) is 0 Å². The zero-order valence-electron chi connectivity index (χ0n) is 14.4. The van der Waals surface area contributed by atoms with Gasteiger partial charge in [0.15, 0.2) is 15.0 Å². The molecule has 2 aliphatic heterocycles. The molecule has 2 atom stereocenters. The molecule has 2 N–H and O–H groups in total. The van der Waals surface area contributed by atoms with E-state index in [0.717, 1.165) is 16.6 Å². The van der Waals surface area contributed by atoms with Crippen LogP contribution in [0.2, 0.25) is 0 Å². The Morgan fingerprint density at radius 2 is 2.04 bits per heavy atom. The van der Waals surface area contributed by atoms with Crippen LogP contribution in [0.3, 0.4) is 0 Å². The highest BCUT2D eigenvalue weighted by Gasteiger charge is 2.42. The zero-order valence-corrected chi connectivity index (χ0v) is 16.1. The summed E-state index contributed by atoms with van der Waals surface area (Å²) in [5.41, 5.74) is 1.39. The molecule has 1 amide bonds. The van der Waals surface area contributed by atoms with E-state index < -0.39 is 9.84 Å². The summed E-state index contributed by atoms with van der Waals surface area (Å²) in [6, 6.07) is 10.7. The van der Waals surface area contributed by atoms with E-state index in [0.29, 0.717) is 18.5 Å². The highest BCUT2D eigenvalue weighted by molar-refractivity contribution is 8.15. The average molecular weight is 406 g/mol. The van der Waals surface area contributed by atoms with E-state index >= 15 is 0 Å². The molecule has 1 fully saturated rings. The van der Waals surface area contributed by atoms with Crippen molar-refractivity contribution in [2.45, 2.75) is 17.7 Å². The van der Waals surface area contributed by atoms with Gasteiger partial charge in [0.2, 0.25) is 0 Å². The average Bonchev–Trinajstić information content (AvgIpc) is 3.31. The molecule has 7 nitrogen and oxygen atoms in total. The van der Waals surface area contributed by atoms with E-state index in [9.17, 15) is 13.2 Å². The summed E-state index contributed by atoms with van der Waals surface area (Å²) in [4.78, 5) is 16.6. The van der Waals surface area contributed by atoms with Crippen LogP contribution in [0.15, 0.2) is 52.1 Å². The zero-order chi connectivity index (χ0) is 18.9. The van der Waals surface area contributed by atoms with Crippen molar-refractivity contribution >= 4 is 38.4 Å². The van der Waals surface area contributed by atoms with Crippen LogP contribution in [0.25, 0.3) is 0 Å². The lowest BCUT2D eigenvalue weighted by atomic mass is 10.2. The van der Waals surface area contributed by atoms with Crippen molar-refractivity contribution in [1.82, 2.24) is 5.32 Å². The van der Waals surface area contributed by atoms with Crippen LogP contribution in [0.5, 0.6) is 0 Å². The number of thioether (sulfide) groups is 1. The number of fused-ring (bicyclic) bond motifs is 1. The molecule has 142 valence electrons. The normalized spacial score (nSPS) is 22.9. The number of carbonyl (C=O) groups is 1. The van der Waals surface area contributed by atoms with Crippen molar-refractivity contribution in [2.24, 2.45) is 4.99 Å². The number of nitrogens with one attached hydrogen (secondary N) is 2. The van der Waals surface area contributed by atoms with Crippen LogP contribution in [-0.2, 0) is 16.3 Å². The first-order valence-electron chi connectivity index (χ1n) is 8.61. The van der Waals surface area contributed by atoms with Gasteiger partial charge in [-0.2, -0.15) is 0 Å². The van der Waals surface area contributed by atoms with Crippen molar-refractivity contribution < 1.29 is 17.6 Å². The highest BCUT2D eigenvalue weighted by Crippen LogP contribution is 2.34. The van der Waals surface area contributed by atoms with Crippen molar-refractivity contribution in [1.29, 1.82) is 0 Å². The van der Waals surface area contributed by atoms with E-state index in [2.05, 4.69) is 15.6 Å². The number of aliphatic imine (C=N–C) groups is 1. The van der Waals surface area contributed by atoms with Gasteiger partial charge in [0.25, 0.3) is 5.91 Å². The van der Waals surface area contributed by atoms with Gasteiger partial charge in [-0.3, -0.25) is 9.79 Å². The van der Waals surface area contributed by atoms with Crippen LogP contribution in [0, 0.1) is 0 Å². The molecule has 0 radical (unpaired) electrons. The maximum absolute atomic E-state index is 12.2. The third-order valence-corrected chi connectivity index (χ3v) is 7.60. The number of nitrogens with zero attached hydrogens (tertiary/aromatic N) is 1. The standard InChI is InChI=1S/C18H19N3O4S2/c22-17(19-8-7-14-2-1-9-25-14)12-3-5-13(6-4-12)20-18-21-15-10-27(23,24)11-16(15)26-18/h1-6,9,15-16H,7-8,10-11H2,(H,19,22)(H,20,21)/t15-,16-/m1/s1. The maximum Gasteiger partial charge on any atom is 0.251 e. The first-order chi connectivity index (χ1) is 13.0. The fourth-order valence-electron chi connectivity index (χ4n) is 3.10. The summed E-state index contributed by atoms with van der Waals surface area (Å²) in [5, 5.41) is 6.80. The molecule has 0 saturated carbocycles. The minimum atomic E-state index is -2.95. The maximum atomic E-state index is 12.2. The second-order valence-corrected chi connectivity index (χ2v) is 9.90. The Morgan fingerprint density at radius 1 is 1.22 bits per heavy atom. The van der Waals surface area contributed by atoms with Crippen LogP contribution < -0.4 is 10.6 Å². The van der Waals surface area contributed by atoms with Gasteiger partial charge in [-0.25, -0.2) is 8.42 Å². The second-order valence-electron chi connectivity index (χ2n) is 6.52. The Balaban J connectivity index is 1.29. The van der Waals surface area contributed by atoms with E-state index in [-0.39, 0.29) is 28.7 Å². The van der Waals surface area contributed by atoms with E-state index in [1.165, 1.54) is 11.8 Å². The number of furan rings is 1. The van der Waals surface area contributed by atoms with Gasteiger partial charge in [-0.05, 0) is 36.4 Å². The van der Waals surface area contributed by atoms with Crippen LogP contribution in [0.4, 0.5) is 5.69 Å². The van der Waals surface area contributed by atoms with E-state index in [4.69, 9.17) is 4.42 Å². The number of carbonyl (C=O) groups excluding carboxylic acids is 1. The molecular formula is C18H19N3O4S2. The van der Waals surface area contributed by atoms with E-state index in [1.54, 1.807) is 18.4 Å². The molecular weight excluding hydrogens is 386 g/mol. The monoisotopic (exact) mass is 405 g/mol. The molecule has 0 bridgehead atoms. The minimum absolute atomic E-state index is 0.0108. The topological polar surface area (TPSA) is 101 Å². The molecule has 1 saturated heterocycles. The number of amidine groups is 1. The third kappa shape index (κ3) is 4.36. The Morgan fingerprint density at radius 3 is 2.74 bits per heavy atom. The summed E-state index contributed by atoms with van der Waals surface area (Å²) in [6.07, 6.45) is 2.26. The summed E-state index contributed by atoms with van der Waals surface area (Å²) in [5.74, 6) is 1.02. The highest BCUT2D eigenvalue weighted by atomic mass is 32.2. The number of benzene rings is 1. The summed E-state index contributed by atoms with van der Waals surface area (Å²) < 4.78 is 28.4.